The molecular formula is C49H70N6O10S2. The van der Waals surface area contributed by atoms with Crippen molar-refractivity contribution in [3.05, 3.63) is 59.7 Å². The van der Waals surface area contributed by atoms with E-state index in [0.29, 0.717) is 74.2 Å². The molecule has 368 valence electrons. The van der Waals surface area contributed by atoms with E-state index in [-0.39, 0.29) is 92.5 Å². The van der Waals surface area contributed by atoms with E-state index in [4.69, 9.17) is 11.5 Å². The molecule has 8 N–H and O–H groups in total. The fourth-order valence-electron chi connectivity index (χ4n) is 7.28. The SMILES string of the molecule is CSCC(N)C(=O)CCCCCC(CC(=O)CCCC(=O)CC(CCCCCC(=O)C(N)CSC)C(=O)NC(=O)Nc1ccc(CC(C)=O)cc1)C(=O)NC(=O)Nc1ccc(CC(C)=O)cc1. The van der Waals surface area contributed by atoms with Crippen molar-refractivity contribution in [1.82, 2.24) is 10.6 Å². The van der Waals surface area contributed by atoms with Gasteiger partial charge >= 0.3 is 12.1 Å². The maximum absolute atomic E-state index is 13.4. The highest BCUT2D eigenvalue weighted by atomic mass is 32.2. The molecule has 6 amide bonds. The smallest absolute Gasteiger partial charge is 0.321 e. The molecule has 16 nitrogen and oxygen atoms in total. The van der Waals surface area contributed by atoms with E-state index in [9.17, 15) is 47.9 Å². The zero-order chi connectivity index (χ0) is 49.7. The summed E-state index contributed by atoms with van der Waals surface area (Å²) < 4.78 is 0. The first-order valence-electron chi connectivity index (χ1n) is 22.9. The molecule has 0 heterocycles. The van der Waals surface area contributed by atoms with E-state index in [1.54, 1.807) is 48.5 Å². The number of carbonyl (C=O) groups excluding carboxylic acids is 10. The number of anilines is 2. The van der Waals surface area contributed by atoms with Crippen LogP contribution in [0.3, 0.4) is 0 Å². The Morgan fingerprint density at radius 2 is 0.851 bits per heavy atom. The third-order valence-corrected chi connectivity index (χ3v) is 12.3. The zero-order valence-corrected chi connectivity index (χ0v) is 41.0. The van der Waals surface area contributed by atoms with Gasteiger partial charge in [0.25, 0.3) is 0 Å². The third-order valence-electron chi connectivity index (χ3n) is 10.9. The predicted octanol–water partition coefficient (Wildman–Crippen LogP) is 6.69. The average molecular weight is 967 g/mol. The number of hydrogen-bond donors (Lipinski definition) is 6. The summed E-state index contributed by atoms with van der Waals surface area (Å²) in [5.41, 5.74) is 14.2. The Balaban J connectivity index is 2.04. The van der Waals surface area contributed by atoms with Gasteiger partial charge in [-0.2, -0.15) is 23.5 Å². The molecule has 0 radical (unpaired) electrons. The van der Waals surface area contributed by atoms with Crippen LogP contribution in [0.4, 0.5) is 21.0 Å². The number of nitrogens with one attached hydrogen (secondary N) is 4. The minimum Gasteiger partial charge on any atom is -0.321 e. The van der Waals surface area contributed by atoms with Gasteiger partial charge in [0.15, 0.2) is 0 Å². The molecule has 0 spiro atoms. The lowest BCUT2D eigenvalue weighted by Gasteiger charge is -2.17. The molecule has 0 aliphatic carbocycles. The van der Waals surface area contributed by atoms with E-state index < -0.39 is 47.8 Å². The van der Waals surface area contributed by atoms with Gasteiger partial charge in [0.2, 0.25) is 11.8 Å². The Bertz CT molecular complexity index is 1840. The second-order valence-corrected chi connectivity index (χ2v) is 18.8. The van der Waals surface area contributed by atoms with Gasteiger partial charge in [-0.1, -0.05) is 49.9 Å². The Morgan fingerprint density at radius 3 is 1.18 bits per heavy atom. The van der Waals surface area contributed by atoms with Crippen LogP contribution in [-0.4, -0.2) is 94.7 Å². The number of benzene rings is 2. The van der Waals surface area contributed by atoms with Crippen molar-refractivity contribution in [2.45, 2.75) is 135 Å². The summed E-state index contributed by atoms with van der Waals surface area (Å²) in [6, 6.07) is 10.5. The quantitative estimate of drug-likeness (QED) is 0.0399. The van der Waals surface area contributed by atoms with E-state index in [0.717, 1.165) is 11.1 Å². The van der Waals surface area contributed by atoms with Gasteiger partial charge in [0, 0.05) is 86.1 Å². The molecule has 2 aromatic rings. The Labute approximate surface area is 403 Å². The van der Waals surface area contributed by atoms with Crippen LogP contribution in [0.2, 0.25) is 0 Å². The number of amides is 6. The first-order valence-corrected chi connectivity index (χ1v) is 25.7. The van der Waals surface area contributed by atoms with Crippen LogP contribution in [0, 0.1) is 11.8 Å². The largest absolute Gasteiger partial charge is 0.325 e. The number of ketones is 6. The van der Waals surface area contributed by atoms with Gasteiger partial charge in [-0.3, -0.25) is 49.0 Å². The fourth-order valence-corrected chi connectivity index (χ4v) is 8.37. The van der Waals surface area contributed by atoms with E-state index in [1.807, 2.05) is 12.5 Å². The van der Waals surface area contributed by atoms with Gasteiger partial charge in [-0.25, -0.2) is 9.59 Å². The molecule has 2 rings (SSSR count). The average Bonchev–Trinajstić information content (AvgIpc) is 3.26. The fraction of sp³-hybridized carbons (Fsp3) is 0.551. The Kier molecular flexibility index (Phi) is 28.3. The molecule has 0 aromatic heterocycles. The second kappa shape index (κ2) is 32.6. The summed E-state index contributed by atoms with van der Waals surface area (Å²) in [6.07, 6.45) is 8.37. The third kappa shape index (κ3) is 25.6. The number of imide groups is 2. The number of rotatable bonds is 34. The van der Waals surface area contributed by atoms with Gasteiger partial charge in [-0.15, -0.1) is 0 Å². The molecule has 0 aliphatic heterocycles. The van der Waals surface area contributed by atoms with E-state index in [2.05, 4.69) is 21.3 Å². The molecule has 0 saturated carbocycles. The van der Waals surface area contributed by atoms with Gasteiger partial charge < -0.3 is 22.1 Å². The molecule has 0 saturated heterocycles. The molecule has 0 fully saturated rings. The van der Waals surface area contributed by atoms with E-state index >= 15 is 0 Å². The number of carbonyl (C=O) groups is 10. The van der Waals surface area contributed by atoms with Crippen LogP contribution in [0.1, 0.15) is 121 Å². The van der Waals surface area contributed by atoms with Gasteiger partial charge in [0.1, 0.15) is 34.7 Å². The lowest BCUT2D eigenvalue weighted by Crippen LogP contribution is -2.39. The lowest BCUT2D eigenvalue weighted by atomic mass is 9.91. The van der Waals surface area contributed by atoms with Crippen molar-refractivity contribution in [2.75, 3.05) is 34.7 Å². The minimum atomic E-state index is -0.865. The molecule has 0 bridgehead atoms. The molecule has 67 heavy (non-hydrogen) atoms. The first kappa shape index (κ1) is 58.1. The van der Waals surface area contributed by atoms with Crippen LogP contribution < -0.4 is 32.7 Å². The van der Waals surface area contributed by atoms with Crippen LogP contribution >= 0.6 is 23.5 Å². The maximum atomic E-state index is 13.4. The highest BCUT2D eigenvalue weighted by Crippen LogP contribution is 2.21. The van der Waals surface area contributed by atoms with Crippen molar-refractivity contribution < 1.29 is 47.9 Å². The lowest BCUT2D eigenvalue weighted by molar-refractivity contribution is -0.129. The molecule has 2 aromatic carbocycles. The highest BCUT2D eigenvalue weighted by Gasteiger charge is 2.26. The number of thioether (sulfide) groups is 2. The standard InChI is InChI=1S/C49H70N6O10S2/c1-32(56)26-34-18-22-38(23-19-34)52-48(64)54-46(62)36(12-7-5-9-16-44(60)42(50)30-66-3)28-40(58)14-11-15-41(59)29-37(13-8-6-10-17-45(61)43(51)31-67-4)47(63)55-49(65)53-39-24-20-35(21-25-39)27-33(2)57/h18-25,36-37,42-43H,5-17,26-31,50-51H2,1-4H3,(H2,52,54,62,64)(H2,53,55,63,65). The van der Waals surface area contributed by atoms with Crippen molar-refractivity contribution in [2.24, 2.45) is 23.3 Å². The summed E-state index contributed by atoms with van der Waals surface area (Å²) in [4.78, 5) is 127. The zero-order valence-electron chi connectivity index (χ0n) is 39.4. The predicted molar refractivity (Wildman–Crippen MR) is 265 cm³/mol. The number of nitrogens with two attached hydrogens (primary N) is 2. The topological polar surface area (TPSA) is 271 Å². The summed E-state index contributed by atoms with van der Waals surface area (Å²) in [5, 5.41) is 9.84. The summed E-state index contributed by atoms with van der Waals surface area (Å²) in [6.45, 7) is 2.95. The molecule has 0 aliphatic rings. The van der Waals surface area contributed by atoms with E-state index in [1.165, 1.54) is 37.4 Å². The van der Waals surface area contributed by atoms with Crippen LogP contribution in [-0.2, 0) is 51.2 Å². The van der Waals surface area contributed by atoms with Crippen molar-refractivity contribution in [3.8, 4) is 0 Å². The molecule has 4 unspecified atom stereocenters. The van der Waals surface area contributed by atoms with Gasteiger partial charge in [0.05, 0.1) is 12.1 Å². The number of unbranched alkanes of at least 4 members (excludes halogenated alkanes) is 4. The van der Waals surface area contributed by atoms with Crippen LogP contribution in [0.15, 0.2) is 48.5 Å². The van der Waals surface area contributed by atoms with Crippen LogP contribution in [0.5, 0.6) is 0 Å². The molecule has 4 atom stereocenters. The second-order valence-electron chi connectivity index (χ2n) is 17.0. The summed E-state index contributed by atoms with van der Waals surface area (Å²) >= 11 is 2.98. The summed E-state index contributed by atoms with van der Waals surface area (Å²) in [7, 11) is 0. The number of urea groups is 2. The summed E-state index contributed by atoms with van der Waals surface area (Å²) in [5.74, 6) is -2.68. The molecule has 18 heteroatoms. The van der Waals surface area contributed by atoms with Gasteiger partial charge in [-0.05, 0) is 93.9 Å². The van der Waals surface area contributed by atoms with Crippen molar-refractivity contribution in [3.63, 3.8) is 0 Å². The highest BCUT2D eigenvalue weighted by molar-refractivity contribution is 7.98. The van der Waals surface area contributed by atoms with Crippen LogP contribution in [0.25, 0.3) is 0 Å². The van der Waals surface area contributed by atoms with Crippen molar-refractivity contribution in [1.29, 1.82) is 0 Å². The maximum Gasteiger partial charge on any atom is 0.325 e. The normalized spacial score (nSPS) is 12.7. The molecular weight excluding hydrogens is 897 g/mol. The Hall–Kier alpha value is -5.04. The Morgan fingerprint density at radius 1 is 0.493 bits per heavy atom. The van der Waals surface area contributed by atoms with Crippen molar-refractivity contribution >= 4 is 93.5 Å². The number of Topliss-reactive ketones (excluding diaryl/α,β-unsaturated/α-hetero) is 6. The monoisotopic (exact) mass is 966 g/mol. The number of hydrogen-bond acceptors (Lipinski definition) is 14. The minimum absolute atomic E-state index is 0.0112. The first-order chi connectivity index (χ1) is 31.9.